The first-order chi connectivity index (χ1) is 6.25. The lowest BCUT2D eigenvalue weighted by atomic mass is 9.88. The van der Waals surface area contributed by atoms with Crippen molar-refractivity contribution in [1.82, 2.24) is 5.32 Å². The van der Waals surface area contributed by atoms with Crippen LogP contribution < -0.4 is 5.32 Å². The Kier molecular flexibility index (Phi) is 3.96. The molecule has 1 aliphatic carbocycles. The molecule has 0 saturated carbocycles. The van der Waals surface area contributed by atoms with Crippen molar-refractivity contribution in [3.05, 3.63) is 12.2 Å². The fourth-order valence-corrected chi connectivity index (χ4v) is 1.80. The summed E-state index contributed by atoms with van der Waals surface area (Å²) >= 11 is 0. The summed E-state index contributed by atoms with van der Waals surface area (Å²) in [5.74, 6) is -0.454. The summed E-state index contributed by atoms with van der Waals surface area (Å²) in [6, 6.07) is -0.366. The summed E-state index contributed by atoms with van der Waals surface area (Å²) in [5.41, 5.74) is 0. The van der Waals surface area contributed by atoms with Crippen LogP contribution in [0.4, 0.5) is 0 Å². The maximum atomic E-state index is 10.9. The van der Waals surface area contributed by atoms with E-state index in [4.69, 9.17) is 5.11 Å². The molecule has 1 rings (SSSR count). The molecular weight excluding hydrogens is 166 g/mol. The molecule has 0 amide bonds. The summed E-state index contributed by atoms with van der Waals surface area (Å²) in [7, 11) is 0. The number of hydrogen-bond donors (Lipinski definition) is 2. The van der Waals surface area contributed by atoms with Crippen LogP contribution in [0.25, 0.3) is 0 Å². The van der Waals surface area contributed by atoms with Crippen LogP contribution in [0.15, 0.2) is 12.2 Å². The van der Waals surface area contributed by atoms with E-state index in [0.29, 0.717) is 0 Å². The van der Waals surface area contributed by atoms with E-state index in [0.717, 1.165) is 25.8 Å². The lowest BCUT2D eigenvalue weighted by Gasteiger charge is -2.25. The number of carbonyl (C=O) groups is 1. The van der Waals surface area contributed by atoms with Gasteiger partial charge in [0.1, 0.15) is 6.04 Å². The first-order valence-electron chi connectivity index (χ1n) is 4.87. The third kappa shape index (κ3) is 2.84. The van der Waals surface area contributed by atoms with Crippen molar-refractivity contribution < 1.29 is 9.90 Å². The molecule has 1 aliphatic rings. The van der Waals surface area contributed by atoms with Crippen LogP contribution in [0, 0.1) is 5.92 Å². The van der Waals surface area contributed by atoms with Crippen LogP contribution in [-0.4, -0.2) is 23.7 Å². The maximum Gasteiger partial charge on any atom is 0.320 e. The monoisotopic (exact) mass is 183 g/mol. The predicted octanol–water partition coefficient (Wildman–Crippen LogP) is 1.41. The molecule has 0 fully saturated rings. The quantitative estimate of drug-likeness (QED) is 0.648. The second-order valence-electron chi connectivity index (χ2n) is 3.42. The Morgan fingerprint density at radius 2 is 2.46 bits per heavy atom. The Morgan fingerprint density at radius 1 is 1.69 bits per heavy atom. The Labute approximate surface area is 78.8 Å². The summed E-state index contributed by atoms with van der Waals surface area (Å²) in [5, 5.41) is 12.0. The van der Waals surface area contributed by atoms with Gasteiger partial charge in [-0.15, -0.1) is 0 Å². The number of likely N-dealkylation sites (N-methyl/N-ethyl adjacent to an activating group) is 1. The van der Waals surface area contributed by atoms with Crippen molar-refractivity contribution >= 4 is 5.97 Å². The van der Waals surface area contributed by atoms with Crippen LogP contribution in [0.1, 0.15) is 26.2 Å². The van der Waals surface area contributed by atoms with Crippen LogP contribution in [0.5, 0.6) is 0 Å². The van der Waals surface area contributed by atoms with Crippen LogP contribution in [0.2, 0.25) is 0 Å². The minimum absolute atomic E-state index is 0.266. The first-order valence-corrected chi connectivity index (χ1v) is 4.87. The van der Waals surface area contributed by atoms with Gasteiger partial charge in [-0.25, -0.2) is 0 Å². The molecule has 2 unspecified atom stereocenters. The van der Waals surface area contributed by atoms with Crippen molar-refractivity contribution in [3.63, 3.8) is 0 Å². The van der Waals surface area contributed by atoms with Gasteiger partial charge in [0.2, 0.25) is 0 Å². The van der Waals surface area contributed by atoms with Crippen molar-refractivity contribution in [2.45, 2.75) is 32.2 Å². The zero-order valence-corrected chi connectivity index (χ0v) is 7.99. The van der Waals surface area contributed by atoms with E-state index in [-0.39, 0.29) is 12.0 Å². The van der Waals surface area contributed by atoms with Gasteiger partial charge in [-0.05, 0) is 31.7 Å². The number of hydrogen-bond acceptors (Lipinski definition) is 2. The van der Waals surface area contributed by atoms with Crippen LogP contribution >= 0.6 is 0 Å². The van der Waals surface area contributed by atoms with E-state index in [2.05, 4.69) is 17.5 Å². The Balaban J connectivity index is 2.52. The van der Waals surface area contributed by atoms with Gasteiger partial charge in [0.15, 0.2) is 0 Å². The minimum Gasteiger partial charge on any atom is -0.480 e. The molecule has 3 heteroatoms. The maximum absolute atomic E-state index is 10.9. The molecule has 0 aromatic rings. The zero-order chi connectivity index (χ0) is 9.68. The lowest BCUT2D eigenvalue weighted by Crippen LogP contribution is -2.43. The number of aliphatic carboxylic acids is 1. The van der Waals surface area contributed by atoms with Gasteiger partial charge in [0, 0.05) is 0 Å². The molecule has 2 atom stereocenters. The molecule has 0 spiro atoms. The highest BCUT2D eigenvalue weighted by atomic mass is 16.4. The SMILES string of the molecule is CCNC(C(=O)O)C1CC=CCC1. The molecule has 0 radical (unpaired) electrons. The van der Waals surface area contributed by atoms with Crippen molar-refractivity contribution in [3.8, 4) is 0 Å². The number of nitrogens with one attached hydrogen (secondary N) is 1. The number of carboxylic acid groups (broad SMARTS) is 1. The molecule has 0 aromatic carbocycles. The average molecular weight is 183 g/mol. The van der Waals surface area contributed by atoms with Gasteiger partial charge < -0.3 is 10.4 Å². The first kappa shape index (κ1) is 10.3. The van der Waals surface area contributed by atoms with E-state index in [1.54, 1.807) is 0 Å². The van der Waals surface area contributed by atoms with Gasteiger partial charge >= 0.3 is 5.97 Å². The number of rotatable bonds is 4. The van der Waals surface area contributed by atoms with E-state index in [1.807, 2.05) is 6.92 Å². The smallest absolute Gasteiger partial charge is 0.320 e. The third-order valence-corrected chi connectivity index (χ3v) is 2.47. The topological polar surface area (TPSA) is 49.3 Å². The third-order valence-electron chi connectivity index (χ3n) is 2.47. The van der Waals surface area contributed by atoms with E-state index >= 15 is 0 Å². The normalized spacial score (nSPS) is 24.2. The molecular formula is C10H17NO2. The number of carboxylic acids is 1. The van der Waals surface area contributed by atoms with E-state index in [9.17, 15) is 4.79 Å². The number of allylic oxidation sites excluding steroid dienone is 2. The van der Waals surface area contributed by atoms with Crippen molar-refractivity contribution in [1.29, 1.82) is 0 Å². The van der Waals surface area contributed by atoms with Gasteiger partial charge in [0.25, 0.3) is 0 Å². The molecule has 0 aromatic heterocycles. The van der Waals surface area contributed by atoms with Gasteiger partial charge in [-0.2, -0.15) is 0 Å². The second-order valence-corrected chi connectivity index (χ2v) is 3.42. The average Bonchev–Trinajstić information content (AvgIpc) is 2.15. The molecule has 0 bridgehead atoms. The highest BCUT2D eigenvalue weighted by Gasteiger charge is 2.26. The molecule has 3 nitrogen and oxygen atoms in total. The largest absolute Gasteiger partial charge is 0.480 e. The van der Waals surface area contributed by atoms with Crippen molar-refractivity contribution in [2.75, 3.05) is 6.54 Å². The molecule has 13 heavy (non-hydrogen) atoms. The summed E-state index contributed by atoms with van der Waals surface area (Å²) in [6.07, 6.45) is 7.10. The Hall–Kier alpha value is -0.830. The highest BCUT2D eigenvalue weighted by Crippen LogP contribution is 2.21. The fraction of sp³-hybridized carbons (Fsp3) is 0.700. The molecule has 2 N–H and O–H groups in total. The molecule has 0 aliphatic heterocycles. The Morgan fingerprint density at radius 3 is 2.92 bits per heavy atom. The Bertz CT molecular complexity index is 201. The van der Waals surface area contributed by atoms with Crippen molar-refractivity contribution in [2.24, 2.45) is 5.92 Å². The highest BCUT2D eigenvalue weighted by molar-refractivity contribution is 5.73. The van der Waals surface area contributed by atoms with Gasteiger partial charge in [-0.3, -0.25) is 4.79 Å². The summed E-state index contributed by atoms with van der Waals surface area (Å²) < 4.78 is 0. The molecule has 0 saturated heterocycles. The lowest BCUT2D eigenvalue weighted by molar-refractivity contribution is -0.141. The van der Waals surface area contributed by atoms with Crippen LogP contribution in [0.3, 0.4) is 0 Å². The van der Waals surface area contributed by atoms with E-state index < -0.39 is 5.97 Å². The second kappa shape index (κ2) is 5.02. The summed E-state index contributed by atoms with van der Waals surface area (Å²) in [6.45, 7) is 2.66. The standard InChI is InChI=1S/C10H17NO2/c1-2-11-9(10(12)13)8-6-4-3-5-7-8/h3-4,8-9,11H,2,5-7H2,1H3,(H,12,13). The zero-order valence-electron chi connectivity index (χ0n) is 7.99. The molecule has 74 valence electrons. The van der Waals surface area contributed by atoms with Gasteiger partial charge in [0.05, 0.1) is 0 Å². The van der Waals surface area contributed by atoms with Gasteiger partial charge in [-0.1, -0.05) is 19.1 Å². The molecule has 0 heterocycles. The van der Waals surface area contributed by atoms with Crippen LogP contribution in [-0.2, 0) is 4.79 Å². The predicted molar refractivity (Wildman–Crippen MR) is 51.6 cm³/mol. The summed E-state index contributed by atoms with van der Waals surface area (Å²) in [4.78, 5) is 10.9. The fourth-order valence-electron chi connectivity index (χ4n) is 1.80. The minimum atomic E-state index is -0.720. The van der Waals surface area contributed by atoms with E-state index in [1.165, 1.54) is 0 Å².